The Morgan fingerprint density at radius 3 is 2.86 bits per heavy atom. The van der Waals surface area contributed by atoms with Crippen LogP contribution in [-0.4, -0.2) is 28.7 Å². The first kappa shape index (κ1) is 9.46. The number of carbonyl (C=O) groups is 1. The molecule has 1 amide bonds. The lowest BCUT2D eigenvalue weighted by Gasteiger charge is -2.20. The summed E-state index contributed by atoms with van der Waals surface area (Å²) >= 11 is 0. The second-order valence-corrected chi connectivity index (χ2v) is 3.83. The van der Waals surface area contributed by atoms with Crippen molar-refractivity contribution in [3.8, 4) is 0 Å². The van der Waals surface area contributed by atoms with Crippen LogP contribution < -0.4 is 0 Å². The van der Waals surface area contributed by atoms with Gasteiger partial charge in [0.1, 0.15) is 0 Å². The molecule has 0 aromatic rings. The highest BCUT2D eigenvalue weighted by atomic mass is 16.3. The summed E-state index contributed by atoms with van der Waals surface area (Å²) in [6, 6.07) is 0. The van der Waals surface area contributed by atoms with Crippen molar-refractivity contribution in [3.05, 3.63) is 23.8 Å². The molecule has 14 heavy (non-hydrogen) atoms. The number of hydrogen-bond donors (Lipinski definition) is 1. The van der Waals surface area contributed by atoms with Crippen LogP contribution in [0.25, 0.3) is 0 Å². The Hall–Kier alpha value is -1.09. The van der Waals surface area contributed by atoms with Gasteiger partial charge in [0.25, 0.3) is 5.91 Å². The van der Waals surface area contributed by atoms with Gasteiger partial charge in [-0.2, -0.15) is 0 Å². The summed E-state index contributed by atoms with van der Waals surface area (Å²) in [5, 5.41) is 9.89. The van der Waals surface area contributed by atoms with Gasteiger partial charge < -0.3 is 10.0 Å². The van der Waals surface area contributed by atoms with E-state index in [0.29, 0.717) is 6.54 Å². The van der Waals surface area contributed by atoms with E-state index in [0.717, 1.165) is 36.8 Å². The van der Waals surface area contributed by atoms with Gasteiger partial charge in [-0.1, -0.05) is 6.08 Å². The number of nitrogens with zero attached hydrogens (tertiary/aromatic N) is 1. The SMILES string of the molecule is C=CCN1C(=O)C2=C(CCCC2)[C@H]1O. The molecule has 76 valence electrons. The molecule has 1 atom stereocenters. The fourth-order valence-electron chi connectivity index (χ4n) is 2.25. The van der Waals surface area contributed by atoms with Gasteiger partial charge in [-0.05, 0) is 31.3 Å². The van der Waals surface area contributed by atoms with Crippen molar-refractivity contribution in [2.45, 2.75) is 31.9 Å². The maximum absolute atomic E-state index is 11.8. The lowest BCUT2D eigenvalue weighted by molar-refractivity contribution is -0.131. The highest BCUT2D eigenvalue weighted by Gasteiger charge is 2.37. The van der Waals surface area contributed by atoms with Crippen LogP contribution in [0.15, 0.2) is 23.8 Å². The molecule has 3 nitrogen and oxygen atoms in total. The number of hydrogen-bond acceptors (Lipinski definition) is 2. The van der Waals surface area contributed by atoms with Gasteiger partial charge in [-0.25, -0.2) is 0 Å². The van der Waals surface area contributed by atoms with Crippen LogP contribution in [0.4, 0.5) is 0 Å². The summed E-state index contributed by atoms with van der Waals surface area (Å²) in [7, 11) is 0. The molecular formula is C11H15NO2. The largest absolute Gasteiger partial charge is 0.369 e. The van der Waals surface area contributed by atoms with Gasteiger partial charge in [0.05, 0.1) is 0 Å². The van der Waals surface area contributed by atoms with Crippen molar-refractivity contribution in [2.75, 3.05) is 6.54 Å². The van der Waals surface area contributed by atoms with Gasteiger partial charge >= 0.3 is 0 Å². The van der Waals surface area contributed by atoms with E-state index in [-0.39, 0.29) is 5.91 Å². The maximum Gasteiger partial charge on any atom is 0.252 e. The molecule has 0 spiro atoms. The fourth-order valence-corrected chi connectivity index (χ4v) is 2.25. The van der Waals surface area contributed by atoms with Crippen LogP contribution in [0, 0.1) is 0 Å². The second kappa shape index (κ2) is 3.58. The average Bonchev–Trinajstić information content (AvgIpc) is 2.45. The highest BCUT2D eigenvalue weighted by molar-refractivity contribution is 5.97. The Morgan fingerprint density at radius 2 is 2.21 bits per heavy atom. The molecule has 0 unspecified atom stereocenters. The molecule has 0 fully saturated rings. The standard InChI is InChI=1S/C11H15NO2/c1-2-7-12-10(13)8-5-3-4-6-9(8)11(12)14/h2,10,13H,1,3-7H2/t10-/m1/s1. The average molecular weight is 193 g/mol. The van der Waals surface area contributed by atoms with Gasteiger partial charge in [0, 0.05) is 12.1 Å². The minimum absolute atomic E-state index is 0.00657. The van der Waals surface area contributed by atoms with Crippen molar-refractivity contribution < 1.29 is 9.90 Å². The van der Waals surface area contributed by atoms with E-state index >= 15 is 0 Å². The molecule has 0 saturated carbocycles. The molecule has 0 bridgehead atoms. The van der Waals surface area contributed by atoms with Crippen LogP contribution >= 0.6 is 0 Å². The topological polar surface area (TPSA) is 40.5 Å². The summed E-state index contributed by atoms with van der Waals surface area (Å²) < 4.78 is 0. The first-order chi connectivity index (χ1) is 6.75. The predicted molar refractivity (Wildman–Crippen MR) is 53.4 cm³/mol. The monoisotopic (exact) mass is 193 g/mol. The van der Waals surface area contributed by atoms with Gasteiger partial charge in [0.2, 0.25) is 0 Å². The minimum atomic E-state index is -0.684. The molecule has 0 aromatic heterocycles. The molecule has 2 rings (SSSR count). The Bertz CT molecular complexity index is 306. The van der Waals surface area contributed by atoms with Gasteiger partial charge in [-0.3, -0.25) is 4.79 Å². The van der Waals surface area contributed by atoms with Crippen LogP contribution in [-0.2, 0) is 4.79 Å². The lowest BCUT2D eigenvalue weighted by atomic mass is 9.93. The highest BCUT2D eigenvalue weighted by Crippen LogP contribution is 2.35. The molecule has 2 aliphatic rings. The third-order valence-corrected chi connectivity index (χ3v) is 2.96. The molecular weight excluding hydrogens is 178 g/mol. The van der Waals surface area contributed by atoms with Crippen LogP contribution in [0.2, 0.25) is 0 Å². The van der Waals surface area contributed by atoms with E-state index in [1.165, 1.54) is 4.90 Å². The molecule has 0 aromatic carbocycles. The molecule has 1 N–H and O–H groups in total. The fraction of sp³-hybridized carbons (Fsp3) is 0.545. The smallest absolute Gasteiger partial charge is 0.252 e. The maximum atomic E-state index is 11.8. The summed E-state index contributed by atoms with van der Waals surface area (Å²) in [4.78, 5) is 13.3. The van der Waals surface area contributed by atoms with Crippen molar-refractivity contribution in [1.82, 2.24) is 4.90 Å². The number of aliphatic hydroxyl groups excluding tert-OH is 1. The number of amides is 1. The third-order valence-electron chi connectivity index (χ3n) is 2.96. The molecule has 1 aliphatic heterocycles. The first-order valence-electron chi connectivity index (χ1n) is 5.07. The quantitative estimate of drug-likeness (QED) is 0.669. The Balaban J connectivity index is 2.25. The first-order valence-corrected chi connectivity index (χ1v) is 5.07. The van der Waals surface area contributed by atoms with Gasteiger partial charge in [-0.15, -0.1) is 6.58 Å². The molecule has 1 heterocycles. The summed E-state index contributed by atoms with van der Waals surface area (Å²) in [5.41, 5.74) is 1.80. The number of aliphatic hydroxyl groups is 1. The normalized spacial score (nSPS) is 26.8. The predicted octanol–water partition coefficient (Wildman–Crippen LogP) is 1.20. The molecule has 1 aliphatic carbocycles. The van der Waals surface area contributed by atoms with E-state index in [9.17, 15) is 9.90 Å². The minimum Gasteiger partial charge on any atom is -0.369 e. The van der Waals surface area contributed by atoms with Crippen molar-refractivity contribution >= 4 is 5.91 Å². The van der Waals surface area contributed by atoms with Crippen molar-refractivity contribution in [1.29, 1.82) is 0 Å². The molecule has 3 heteroatoms. The van der Waals surface area contributed by atoms with Crippen molar-refractivity contribution in [2.24, 2.45) is 0 Å². The summed E-state index contributed by atoms with van der Waals surface area (Å²) in [6.07, 6.45) is 4.83. The third kappa shape index (κ3) is 1.28. The zero-order chi connectivity index (χ0) is 10.1. The van der Waals surface area contributed by atoms with E-state index in [4.69, 9.17) is 0 Å². The Morgan fingerprint density at radius 1 is 1.50 bits per heavy atom. The van der Waals surface area contributed by atoms with E-state index in [1.807, 2.05) is 0 Å². The van der Waals surface area contributed by atoms with Crippen LogP contribution in [0.1, 0.15) is 25.7 Å². The van der Waals surface area contributed by atoms with E-state index in [1.54, 1.807) is 6.08 Å². The Labute approximate surface area is 83.7 Å². The van der Waals surface area contributed by atoms with E-state index in [2.05, 4.69) is 6.58 Å². The molecule has 0 radical (unpaired) electrons. The van der Waals surface area contributed by atoms with Crippen LogP contribution in [0.5, 0.6) is 0 Å². The lowest BCUT2D eigenvalue weighted by Crippen LogP contribution is -2.35. The van der Waals surface area contributed by atoms with Gasteiger partial charge in [0.15, 0.2) is 6.23 Å². The molecule has 0 saturated heterocycles. The number of carbonyl (C=O) groups excluding carboxylic acids is 1. The summed E-state index contributed by atoms with van der Waals surface area (Å²) in [6.45, 7) is 4.02. The zero-order valence-electron chi connectivity index (χ0n) is 8.20. The Kier molecular flexibility index (Phi) is 2.42. The zero-order valence-corrected chi connectivity index (χ0v) is 8.20. The summed E-state index contributed by atoms with van der Waals surface area (Å²) in [5.74, 6) is 0.00657. The second-order valence-electron chi connectivity index (χ2n) is 3.83. The van der Waals surface area contributed by atoms with E-state index < -0.39 is 6.23 Å². The van der Waals surface area contributed by atoms with Crippen LogP contribution in [0.3, 0.4) is 0 Å². The number of rotatable bonds is 2. The van der Waals surface area contributed by atoms with Crippen molar-refractivity contribution in [3.63, 3.8) is 0 Å².